The van der Waals surface area contributed by atoms with E-state index in [0.717, 1.165) is 16.9 Å². The number of aromatic nitrogens is 4. The lowest BCUT2D eigenvalue weighted by Gasteiger charge is -2.33. The summed E-state index contributed by atoms with van der Waals surface area (Å²) in [5.41, 5.74) is 10.3. The third-order valence-electron chi connectivity index (χ3n) is 5.51. The largest absolute Gasteiger partial charge is 0.497 e. The van der Waals surface area contributed by atoms with Gasteiger partial charge < -0.3 is 20.1 Å². The lowest BCUT2D eigenvalue weighted by Crippen LogP contribution is -2.36. The van der Waals surface area contributed by atoms with Gasteiger partial charge in [0.05, 0.1) is 50.6 Å². The van der Waals surface area contributed by atoms with Gasteiger partial charge >= 0.3 is 0 Å². The highest BCUT2D eigenvalue weighted by Crippen LogP contribution is 2.32. The fourth-order valence-corrected chi connectivity index (χ4v) is 3.87. The van der Waals surface area contributed by atoms with Crippen molar-refractivity contribution < 1.29 is 14.3 Å². The summed E-state index contributed by atoms with van der Waals surface area (Å²) >= 11 is 0. The summed E-state index contributed by atoms with van der Waals surface area (Å²) in [6.45, 7) is 0.907. The first-order valence-corrected chi connectivity index (χ1v) is 9.46. The number of amides is 1. The van der Waals surface area contributed by atoms with E-state index in [1.807, 2.05) is 18.2 Å². The molecule has 152 valence electrons. The van der Waals surface area contributed by atoms with Gasteiger partial charge in [-0.05, 0) is 29.3 Å². The summed E-state index contributed by atoms with van der Waals surface area (Å²) < 4.78 is 12.8. The van der Waals surface area contributed by atoms with E-state index >= 15 is 0 Å². The number of ether oxygens (including phenoxy) is 2. The molecule has 1 aliphatic heterocycles. The number of methoxy groups -OCH3 is 1. The zero-order valence-electron chi connectivity index (χ0n) is 16.6. The van der Waals surface area contributed by atoms with Gasteiger partial charge in [-0.3, -0.25) is 9.20 Å². The summed E-state index contributed by atoms with van der Waals surface area (Å²) in [5, 5.41) is 0. The molecule has 0 bridgehead atoms. The number of pyridine rings is 1. The molecule has 0 aliphatic carbocycles. The molecule has 4 heterocycles. The molecule has 5 rings (SSSR count). The zero-order chi connectivity index (χ0) is 20.8. The first-order chi connectivity index (χ1) is 14.6. The van der Waals surface area contributed by atoms with E-state index < -0.39 is 0 Å². The zero-order valence-corrected chi connectivity index (χ0v) is 16.6. The number of nitrogen functional groups attached to an aromatic ring is 1. The lowest BCUT2D eigenvalue weighted by atomic mass is 9.97. The van der Waals surface area contributed by atoms with E-state index in [0.29, 0.717) is 41.3 Å². The first kappa shape index (κ1) is 18.3. The molecule has 2 N–H and O–H groups in total. The number of carbonyl (C=O) groups excluding carboxylic acids is 1. The second-order valence-corrected chi connectivity index (χ2v) is 7.22. The monoisotopic (exact) mass is 404 g/mol. The molecule has 1 aliphatic rings. The molecule has 0 saturated carbocycles. The molecule has 0 radical (unpaired) electrons. The predicted molar refractivity (Wildman–Crippen MR) is 110 cm³/mol. The highest BCUT2D eigenvalue weighted by Gasteiger charge is 2.29. The minimum atomic E-state index is -0.220. The first-order valence-electron chi connectivity index (χ1n) is 9.46. The summed E-state index contributed by atoms with van der Waals surface area (Å²) in [5.74, 6) is 0.919. The molecule has 1 atom stereocenters. The van der Waals surface area contributed by atoms with Crippen LogP contribution >= 0.6 is 0 Å². The van der Waals surface area contributed by atoms with Crippen LogP contribution in [-0.4, -0.2) is 50.9 Å². The van der Waals surface area contributed by atoms with E-state index in [1.54, 1.807) is 48.2 Å². The predicted octanol–water partition coefficient (Wildman–Crippen LogP) is 2.21. The van der Waals surface area contributed by atoms with Crippen molar-refractivity contribution in [3.63, 3.8) is 0 Å². The van der Waals surface area contributed by atoms with Crippen molar-refractivity contribution >= 4 is 28.3 Å². The van der Waals surface area contributed by atoms with Crippen molar-refractivity contribution in [2.75, 3.05) is 26.5 Å². The highest BCUT2D eigenvalue weighted by atomic mass is 16.5. The molecular weight excluding hydrogens is 384 g/mol. The van der Waals surface area contributed by atoms with Crippen LogP contribution in [0.3, 0.4) is 0 Å². The number of hydrogen-bond acceptors (Lipinski definition) is 7. The van der Waals surface area contributed by atoms with Gasteiger partial charge in [-0.1, -0.05) is 6.07 Å². The Kier molecular flexibility index (Phi) is 4.25. The van der Waals surface area contributed by atoms with Gasteiger partial charge in [0, 0.05) is 7.05 Å². The average molecular weight is 404 g/mol. The smallest absolute Gasteiger partial charge is 0.272 e. The van der Waals surface area contributed by atoms with E-state index in [4.69, 9.17) is 15.2 Å². The number of carbonyl (C=O) groups is 1. The molecule has 0 spiro atoms. The number of imidazole rings is 1. The third kappa shape index (κ3) is 2.82. The minimum Gasteiger partial charge on any atom is -0.497 e. The number of rotatable bonds is 3. The average Bonchev–Trinajstić information content (AvgIpc) is 3.28. The molecule has 1 amide bonds. The number of benzene rings is 1. The SMILES string of the molecule is COc1ccc2c(c1)COC[C@H]2N(C)C(=O)c1cc2c(cn1)nc(N)c1cncn12. The molecule has 0 fully saturated rings. The van der Waals surface area contributed by atoms with Gasteiger partial charge in [-0.25, -0.2) is 15.0 Å². The molecule has 9 heteroatoms. The number of fused-ring (bicyclic) bond motifs is 4. The van der Waals surface area contributed by atoms with Gasteiger partial charge in [0.2, 0.25) is 0 Å². The summed E-state index contributed by atoms with van der Waals surface area (Å²) in [6.07, 6.45) is 4.84. The van der Waals surface area contributed by atoms with Crippen molar-refractivity contribution in [1.29, 1.82) is 0 Å². The Morgan fingerprint density at radius 3 is 3.00 bits per heavy atom. The van der Waals surface area contributed by atoms with E-state index in [9.17, 15) is 4.79 Å². The summed E-state index contributed by atoms with van der Waals surface area (Å²) in [6, 6.07) is 7.33. The molecule has 4 aromatic rings. The van der Waals surface area contributed by atoms with Crippen molar-refractivity contribution in [2.24, 2.45) is 0 Å². The number of nitrogens with two attached hydrogens (primary N) is 1. The van der Waals surface area contributed by atoms with Gasteiger partial charge in [-0.15, -0.1) is 0 Å². The van der Waals surface area contributed by atoms with Crippen LogP contribution in [0.5, 0.6) is 5.75 Å². The van der Waals surface area contributed by atoms with Gasteiger partial charge in [0.1, 0.15) is 28.3 Å². The fourth-order valence-electron chi connectivity index (χ4n) is 3.87. The van der Waals surface area contributed by atoms with Crippen LogP contribution in [0.15, 0.2) is 43.0 Å². The maximum Gasteiger partial charge on any atom is 0.272 e. The molecule has 30 heavy (non-hydrogen) atoms. The van der Waals surface area contributed by atoms with Crippen molar-refractivity contribution in [3.8, 4) is 5.75 Å². The molecule has 3 aromatic heterocycles. The lowest BCUT2D eigenvalue weighted by molar-refractivity contribution is 0.0342. The molecule has 9 nitrogen and oxygen atoms in total. The Morgan fingerprint density at radius 1 is 1.30 bits per heavy atom. The van der Waals surface area contributed by atoms with Crippen LogP contribution in [0.1, 0.15) is 27.7 Å². The molecule has 0 saturated heterocycles. The maximum atomic E-state index is 13.3. The molecule has 1 aromatic carbocycles. The third-order valence-corrected chi connectivity index (χ3v) is 5.51. The van der Waals surface area contributed by atoms with Gasteiger partial charge in [0.25, 0.3) is 5.91 Å². The molecule has 0 unspecified atom stereocenters. The normalized spacial score (nSPS) is 15.9. The van der Waals surface area contributed by atoms with Crippen LogP contribution in [0.2, 0.25) is 0 Å². The van der Waals surface area contributed by atoms with E-state index in [1.165, 1.54) is 0 Å². The Bertz CT molecular complexity index is 1280. The Balaban J connectivity index is 1.52. The fraction of sp³-hybridized carbons (Fsp3) is 0.238. The quantitative estimate of drug-likeness (QED) is 0.558. The van der Waals surface area contributed by atoms with E-state index in [-0.39, 0.29) is 11.9 Å². The van der Waals surface area contributed by atoms with Crippen LogP contribution in [0.4, 0.5) is 5.82 Å². The van der Waals surface area contributed by atoms with Crippen molar-refractivity contribution in [2.45, 2.75) is 12.6 Å². The second kappa shape index (κ2) is 6.96. The molecular formula is C21H20N6O3. The Hall–Kier alpha value is -3.72. The van der Waals surface area contributed by atoms with Crippen LogP contribution in [0, 0.1) is 0 Å². The van der Waals surface area contributed by atoms with Crippen LogP contribution < -0.4 is 10.5 Å². The van der Waals surface area contributed by atoms with E-state index in [2.05, 4.69) is 15.0 Å². The number of anilines is 1. The van der Waals surface area contributed by atoms with Crippen LogP contribution in [0.25, 0.3) is 16.6 Å². The number of hydrogen-bond donors (Lipinski definition) is 1. The van der Waals surface area contributed by atoms with Crippen molar-refractivity contribution in [3.05, 3.63) is 59.8 Å². The van der Waals surface area contributed by atoms with Crippen LogP contribution in [-0.2, 0) is 11.3 Å². The summed E-state index contributed by atoms with van der Waals surface area (Å²) in [4.78, 5) is 27.8. The Labute approximate surface area is 172 Å². The Morgan fingerprint density at radius 2 is 2.17 bits per heavy atom. The minimum absolute atomic E-state index is 0.209. The summed E-state index contributed by atoms with van der Waals surface area (Å²) in [7, 11) is 3.39. The van der Waals surface area contributed by atoms with Gasteiger partial charge in [0.15, 0.2) is 0 Å². The van der Waals surface area contributed by atoms with Crippen molar-refractivity contribution in [1.82, 2.24) is 24.3 Å². The highest BCUT2D eigenvalue weighted by molar-refractivity contribution is 5.96. The topological polar surface area (TPSA) is 108 Å². The maximum absolute atomic E-state index is 13.3. The van der Waals surface area contributed by atoms with Gasteiger partial charge in [-0.2, -0.15) is 0 Å². The second-order valence-electron chi connectivity index (χ2n) is 7.22. The number of nitrogens with zero attached hydrogens (tertiary/aromatic N) is 5. The number of likely N-dealkylation sites (N-methyl/N-ethyl adjacent to an activating group) is 1. The standard InChI is InChI=1S/C21H20N6O3/c1-26(19-10-30-9-12-5-13(29-2)3-4-14(12)19)21(28)15-6-17-16(7-24-15)25-20(22)18-8-23-11-27(17)18/h3-8,11,19H,9-10H2,1-2H3,(H2,22,25)/t19-/m1/s1.